The fraction of sp³-hybridized carbons (Fsp3) is 0.243. The van der Waals surface area contributed by atoms with Crippen molar-refractivity contribution in [3.05, 3.63) is 119 Å². The first-order valence-electron chi connectivity index (χ1n) is 14.4. The minimum absolute atomic E-state index is 0.528. The predicted octanol–water partition coefficient (Wildman–Crippen LogP) is 10.3. The van der Waals surface area contributed by atoms with Crippen LogP contribution in [0.15, 0.2) is 108 Å². The van der Waals surface area contributed by atoms with Crippen LogP contribution in [0.3, 0.4) is 0 Å². The van der Waals surface area contributed by atoms with E-state index in [1.54, 1.807) is 7.11 Å². The first-order chi connectivity index (χ1) is 20.1. The maximum Gasteiger partial charge on any atom is 0.119 e. The maximum atomic E-state index is 6.10. The highest BCUT2D eigenvalue weighted by Gasteiger charge is 2.07. The number of aryl methyl sites for hydroxylation is 1. The summed E-state index contributed by atoms with van der Waals surface area (Å²) in [6.45, 7) is 4.12. The Bertz CT molecular complexity index is 1560. The summed E-state index contributed by atoms with van der Waals surface area (Å²) in [6.07, 6.45) is 4.44. The second kappa shape index (κ2) is 14.3. The quantitative estimate of drug-likeness (QED) is 0.124. The van der Waals surface area contributed by atoms with Gasteiger partial charge in [0.15, 0.2) is 0 Å². The number of benzene rings is 5. The van der Waals surface area contributed by atoms with E-state index < -0.39 is 0 Å². The van der Waals surface area contributed by atoms with E-state index in [1.807, 2.05) is 18.2 Å². The monoisotopic (exact) mass is 608 g/mol. The van der Waals surface area contributed by atoms with E-state index in [1.165, 1.54) is 51.4 Å². The zero-order chi connectivity index (χ0) is 28.4. The SMILES string of the molecule is CCCCc1ccc(-c2ccc(OCc3ccc(-c4ccc5cc(OCCCOC)ccc5c4)cc3)cc2)c(Br)c1. The van der Waals surface area contributed by atoms with Crippen LogP contribution in [-0.2, 0) is 17.8 Å². The van der Waals surface area contributed by atoms with Crippen molar-refractivity contribution in [2.75, 3.05) is 20.3 Å². The topological polar surface area (TPSA) is 27.7 Å². The molecule has 41 heavy (non-hydrogen) atoms. The van der Waals surface area contributed by atoms with Gasteiger partial charge in [-0.25, -0.2) is 0 Å². The highest BCUT2D eigenvalue weighted by molar-refractivity contribution is 9.10. The average Bonchev–Trinajstić information content (AvgIpc) is 3.01. The molecular formula is C37H37BrO3. The van der Waals surface area contributed by atoms with E-state index in [9.17, 15) is 0 Å². The van der Waals surface area contributed by atoms with Gasteiger partial charge in [-0.3, -0.25) is 0 Å². The van der Waals surface area contributed by atoms with Crippen LogP contribution >= 0.6 is 15.9 Å². The molecule has 0 amide bonds. The van der Waals surface area contributed by atoms with Crippen LogP contribution in [0.5, 0.6) is 11.5 Å². The van der Waals surface area contributed by atoms with Gasteiger partial charge in [-0.2, -0.15) is 0 Å². The van der Waals surface area contributed by atoms with Gasteiger partial charge >= 0.3 is 0 Å². The molecular weight excluding hydrogens is 572 g/mol. The number of hydrogen-bond donors (Lipinski definition) is 0. The minimum Gasteiger partial charge on any atom is -0.493 e. The van der Waals surface area contributed by atoms with Gasteiger partial charge in [0.05, 0.1) is 6.61 Å². The molecule has 0 heterocycles. The number of methoxy groups -OCH3 is 1. The molecule has 0 radical (unpaired) electrons. The van der Waals surface area contributed by atoms with Gasteiger partial charge in [0, 0.05) is 24.6 Å². The van der Waals surface area contributed by atoms with Crippen LogP contribution in [0.1, 0.15) is 37.3 Å². The maximum absolute atomic E-state index is 6.10. The number of fused-ring (bicyclic) bond motifs is 1. The smallest absolute Gasteiger partial charge is 0.119 e. The Morgan fingerprint density at radius 3 is 2.02 bits per heavy atom. The lowest BCUT2D eigenvalue weighted by molar-refractivity contribution is 0.172. The Kier molecular flexibility index (Phi) is 10.1. The lowest BCUT2D eigenvalue weighted by Crippen LogP contribution is -2.01. The zero-order valence-corrected chi connectivity index (χ0v) is 25.5. The molecule has 0 fully saturated rings. The van der Waals surface area contributed by atoms with Gasteiger partial charge in [0.25, 0.3) is 0 Å². The lowest BCUT2D eigenvalue weighted by Gasteiger charge is -2.11. The molecule has 0 aromatic heterocycles. The van der Waals surface area contributed by atoms with Crippen LogP contribution in [0.2, 0.25) is 0 Å². The van der Waals surface area contributed by atoms with Crippen molar-refractivity contribution in [3.63, 3.8) is 0 Å². The predicted molar refractivity (Wildman–Crippen MR) is 174 cm³/mol. The van der Waals surface area contributed by atoms with Gasteiger partial charge in [0.2, 0.25) is 0 Å². The first kappa shape index (κ1) is 28.9. The Labute approximate surface area is 252 Å². The largest absolute Gasteiger partial charge is 0.493 e. The minimum atomic E-state index is 0.528. The van der Waals surface area contributed by atoms with Crippen LogP contribution in [0, 0.1) is 0 Å². The van der Waals surface area contributed by atoms with E-state index in [4.69, 9.17) is 14.2 Å². The second-order valence-corrected chi connectivity index (χ2v) is 11.2. The molecule has 0 atom stereocenters. The number of hydrogen-bond acceptors (Lipinski definition) is 3. The van der Waals surface area contributed by atoms with Crippen LogP contribution in [0.4, 0.5) is 0 Å². The number of rotatable bonds is 13. The summed E-state index contributed by atoms with van der Waals surface area (Å²) in [5, 5.41) is 2.37. The molecule has 0 N–H and O–H groups in total. The lowest BCUT2D eigenvalue weighted by atomic mass is 10.0. The summed E-state index contributed by atoms with van der Waals surface area (Å²) >= 11 is 3.77. The van der Waals surface area contributed by atoms with Gasteiger partial charge in [-0.1, -0.05) is 96.0 Å². The third kappa shape index (κ3) is 7.78. The molecule has 0 bridgehead atoms. The highest BCUT2D eigenvalue weighted by Crippen LogP contribution is 2.31. The Hall–Kier alpha value is -3.60. The van der Waals surface area contributed by atoms with Crippen molar-refractivity contribution in [2.24, 2.45) is 0 Å². The van der Waals surface area contributed by atoms with Crippen LogP contribution in [-0.4, -0.2) is 20.3 Å². The molecule has 5 aromatic rings. The van der Waals surface area contributed by atoms with E-state index >= 15 is 0 Å². The normalized spacial score (nSPS) is 11.1. The molecule has 0 spiro atoms. The summed E-state index contributed by atoms with van der Waals surface area (Å²) in [5.74, 6) is 1.76. The summed E-state index contributed by atoms with van der Waals surface area (Å²) in [7, 11) is 1.71. The van der Waals surface area contributed by atoms with Crippen molar-refractivity contribution in [1.29, 1.82) is 0 Å². The number of ether oxygens (including phenoxy) is 3. The molecule has 0 aliphatic rings. The summed E-state index contributed by atoms with van der Waals surface area (Å²) in [4.78, 5) is 0. The molecule has 4 heteroatoms. The summed E-state index contributed by atoms with van der Waals surface area (Å²) in [5.41, 5.74) is 7.27. The van der Waals surface area contributed by atoms with Crippen LogP contribution < -0.4 is 9.47 Å². The molecule has 5 rings (SSSR count). The highest BCUT2D eigenvalue weighted by atomic mass is 79.9. The molecule has 5 aromatic carbocycles. The molecule has 0 unspecified atom stereocenters. The van der Waals surface area contributed by atoms with E-state index in [-0.39, 0.29) is 0 Å². The van der Waals surface area contributed by atoms with Crippen molar-refractivity contribution in [3.8, 4) is 33.8 Å². The third-order valence-corrected chi connectivity index (χ3v) is 7.94. The van der Waals surface area contributed by atoms with E-state index in [2.05, 4.69) is 108 Å². The van der Waals surface area contributed by atoms with Gasteiger partial charge in [0.1, 0.15) is 18.1 Å². The molecule has 0 aliphatic carbocycles. The van der Waals surface area contributed by atoms with Crippen molar-refractivity contribution < 1.29 is 14.2 Å². The molecule has 0 aliphatic heterocycles. The van der Waals surface area contributed by atoms with Crippen molar-refractivity contribution in [1.82, 2.24) is 0 Å². The average molecular weight is 610 g/mol. The van der Waals surface area contributed by atoms with Gasteiger partial charge < -0.3 is 14.2 Å². The van der Waals surface area contributed by atoms with Gasteiger partial charge in [-0.05, 0) is 93.4 Å². The summed E-state index contributed by atoms with van der Waals surface area (Å²) in [6, 6.07) is 36.5. The number of unbranched alkanes of at least 4 members (excludes halogenated alkanes) is 1. The van der Waals surface area contributed by atoms with Crippen molar-refractivity contribution >= 4 is 26.7 Å². The van der Waals surface area contributed by atoms with Crippen molar-refractivity contribution in [2.45, 2.75) is 39.2 Å². The molecule has 3 nitrogen and oxygen atoms in total. The van der Waals surface area contributed by atoms with E-state index in [0.717, 1.165) is 34.4 Å². The van der Waals surface area contributed by atoms with Gasteiger partial charge in [-0.15, -0.1) is 0 Å². The Morgan fingerprint density at radius 1 is 0.585 bits per heavy atom. The zero-order valence-electron chi connectivity index (χ0n) is 23.9. The summed E-state index contributed by atoms with van der Waals surface area (Å²) < 4.78 is 18.2. The number of halogens is 1. The standard InChI is InChI=1S/C37H37BrO3/c1-3-4-6-27-9-20-36(37(38)23-27)30-14-17-34(18-15-30)41-26-28-7-10-29(11-8-28)31-12-13-33-25-35(19-16-32(33)24-31)40-22-5-21-39-2/h7-20,23-25H,3-6,21-22,26H2,1-2H3. The fourth-order valence-corrected chi connectivity index (χ4v) is 5.56. The third-order valence-electron chi connectivity index (χ3n) is 7.28. The second-order valence-electron chi connectivity index (χ2n) is 10.3. The first-order valence-corrected chi connectivity index (χ1v) is 15.2. The Balaban J connectivity index is 1.17. The fourth-order valence-electron chi connectivity index (χ4n) is 4.91. The Morgan fingerprint density at radius 2 is 1.27 bits per heavy atom. The van der Waals surface area contributed by atoms with E-state index in [0.29, 0.717) is 19.8 Å². The van der Waals surface area contributed by atoms with Crippen LogP contribution in [0.25, 0.3) is 33.0 Å². The molecule has 0 saturated carbocycles. The molecule has 0 saturated heterocycles. The molecule has 210 valence electrons.